The summed E-state index contributed by atoms with van der Waals surface area (Å²) in [6.45, 7) is 2.02. The van der Waals surface area contributed by atoms with Gasteiger partial charge in [0.1, 0.15) is 0 Å². The van der Waals surface area contributed by atoms with Gasteiger partial charge in [-0.05, 0) is 23.6 Å². The van der Waals surface area contributed by atoms with E-state index in [0.29, 0.717) is 6.42 Å². The first-order valence-corrected chi connectivity index (χ1v) is 5.51. The van der Waals surface area contributed by atoms with Crippen LogP contribution < -0.4 is 0 Å². The SMILES string of the molecule is COC(=O)Cc1cccc(CBr)c1C. The number of methoxy groups -OCH3 is 1. The molecule has 1 rings (SSSR count). The fourth-order valence-corrected chi connectivity index (χ4v) is 1.91. The van der Waals surface area contributed by atoms with Gasteiger partial charge in [-0.3, -0.25) is 4.79 Å². The maximum absolute atomic E-state index is 11.1. The Labute approximate surface area is 92.4 Å². The van der Waals surface area contributed by atoms with E-state index < -0.39 is 0 Å². The van der Waals surface area contributed by atoms with Crippen molar-refractivity contribution in [1.82, 2.24) is 0 Å². The van der Waals surface area contributed by atoms with E-state index in [1.807, 2.05) is 25.1 Å². The summed E-state index contributed by atoms with van der Waals surface area (Å²) in [5.74, 6) is -0.195. The Morgan fingerprint density at radius 2 is 2.07 bits per heavy atom. The Bertz CT molecular complexity index is 334. The molecule has 2 nitrogen and oxygen atoms in total. The topological polar surface area (TPSA) is 26.3 Å². The van der Waals surface area contributed by atoms with Crippen LogP contribution in [0.3, 0.4) is 0 Å². The van der Waals surface area contributed by atoms with Crippen molar-refractivity contribution in [2.75, 3.05) is 7.11 Å². The number of carbonyl (C=O) groups excluding carboxylic acids is 1. The van der Waals surface area contributed by atoms with Gasteiger partial charge in [0.25, 0.3) is 0 Å². The third-order valence-electron chi connectivity index (χ3n) is 2.26. The third-order valence-corrected chi connectivity index (χ3v) is 2.87. The van der Waals surface area contributed by atoms with Crippen LogP contribution in [-0.4, -0.2) is 13.1 Å². The first kappa shape index (κ1) is 11.2. The molecule has 76 valence electrons. The molecule has 1 aromatic carbocycles. The lowest BCUT2D eigenvalue weighted by atomic mass is 10.0. The summed E-state index contributed by atoms with van der Waals surface area (Å²) in [4.78, 5) is 11.1. The molecular weight excluding hydrogens is 244 g/mol. The molecule has 0 N–H and O–H groups in total. The van der Waals surface area contributed by atoms with Gasteiger partial charge in [0.2, 0.25) is 0 Å². The van der Waals surface area contributed by atoms with Crippen LogP contribution in [0.15, 0.2) is 18.2 Å². The van der Waals surface area contributed by atoms with Gasteiger partial charge in [-0.1, -0.05) is 34.1 Å². The number of esters is 1. The predicted molar refractivity (Wildman–Crippen MR) is 59.5 cm³/mol. The first-order valence-electron chi connectivity index (χ1n) is 4.39. The van der Waals surface area contributed by atoms with Crippen molar-refractivity contribution in [3.8, 4) is 0 Å². The Hall–Kier alpha value is -0.830. The Morgan fingerprint density at radius 3 is 2.64 bits per heavy atom. The van der Waals surface area contributed by atoms with E-state index in [1.54, 1.807) is 0 Å². The second kappa shape index (κ2) is 5.15. The molecule has 0 fully saturated rings. The van der Waals surface area contributed by atoms with Gasteiger partial charge in [0.05, 0.1) is 13.5 Å². The second-order valence-electron chi connectivity index (χ2n) is 3.09. The zero-order valence-electron chi connectivity index (χ0n) is 8.34. The molecule has 0 bridgehead atoms. The van der Waals surface area contributed by atoms with Crippen LogP contribution in [0, 0.1) is 6.92 Å². The molecule has 0 atom stereocenters. The van der Waals surface area contributed by atoms with Gasteiger partial charge in [0, 0.05) is 5.33 Å². The van der Waals surface area contributed by atoms with Crippen LogP contribution in [0.4, 0.5) is 0 Å². The minimum Gasteiger partial charge on any atom is -0.469 e. The van der Waals surface area contributed by atoms with E-state index in [2.05, 4.69) is 20.7 Å². The average Bonchev–Trinajstić information content (AvgIpc) is 2.21. The summed E-state index contributed by atoms with van der Waals surface area (Å²) in [6, 6.07) is 5.96. The summed E-state index contributed by atoms with van der Waals surface area (Å²) < 4.78 is 4.63. The lowest BCUT2D eigenvalue weighted by Crippen LogP contribution is -2.06. The summed E-state index contributed by atoms with van der Waals surface area (Å²) in [7, 11) is 1.41. The van der Waals surface area contributed by atoms with Gasteiger partial charge >= 0.3 is 5.97 Å². The van der Waals surface area contributed by atoms with Gasteiger partial charge in [0.15, 0.2) is 0 Å². The fraction of sp³-hybridized carbons (Fsp3) is 0.364. The van der Waals surface area contributed by atoms with E-state index in [-0.39, 0.29) is 5.97 Å². The molecule has 1 aromatic rings. The number of hydrogen-bond acceptors (Lipinski definition) is 2. The minimum absolute atomic E-state index is 0.195. The highest BCUT2D eigenvalue weighted by molar-refractivity contribution is 9.08. The molecule has 0 aliphatic heterocycles. The highest BCUT2D eigenvalue weighted by Gasteiger charge is 2.07. The van der Waals surface area contributed by atoms with Gasteiger partial charge in [-0.25, -0.2) is 0 Å². The van der Waals surface area contributed by atoms with Crippen LogP contribution in [0.2, 0.25) is 0 Å². The third kappa shape index (κ3) is 2.58. The number of benzene rings is 1. The number of halogens is 1. The largest absolute Gasteiger partial charge is 0.469 e. The van der Waals surface area contributed by atoms with E-state index in [1.165, 1.54) is 12.7 Å². The zero-order valence-corrected chi connectivity index (χ0v) is 9.93. The highest BCUT2D eigenvalue weighted by atomic mass is 79.9. The summed E-state index contributed by atoms with van der Waals surface area (Å²) in [5, 5.41) is 0.813. The molecular formula is C11H13BrO2. The monoisotopic (exact) mass is 256 g/mol. The molecule has 3 heteroatoms. The lowest BCUT2D eigenvalue weighted by Gasteiger charge is -2.08. The molecule has 0 aromatic heterocycles. The van der Waals surface area contributed by atoms with Gasteiger partial charge in [-0.2, -0.15) is 0 Å². The Kier molecular flexibility index (Phi) is 4.14. The molecule has 0 heterocycles. The Morgan fingerprint density at radius 1 is 1.43 bits per heavy atom. The fourth-order valence-electron chi connectivity index (χ4n) is 1.30. The molecule has 0 aliphatic carbocycles. The van der Waals surface area contributed by atoms with E-state index in [4.69, 9.17) is 0 Å². The van der Waals surface area contributed by atoms with Crippen LogP contribution >= 0.6 is 15.9 Å². The second-order valence-corrected chi connectivity index (χ2v) is 3.65. The van der Waals surface area contributed by atoms with Crippen LogP contribution in [0.5, 0.6) is 0 Å². The normalized spacial score (nSPS) is 9.93. The maximum atomic E-state index is 11.1. The minimum atomic E-state index is -0.195. The highest BCUT2D eigenvalue weighted by Crippen LogP contribution is 2.17. The van der Waals surface area contributed by atoms with Crippen LogP contribution in [0.25, 0.3) is 0 Å². The van der Waals surface area contributed by atoms with Crippen molar-refractivity contribution in [3.63, 3.8) is 0 Å². The zero-order chi connectivity index (χ0) is 10.6. The van der Waals surface area contributed by atoms with Crippen LogP contribution in [0.1, 0.15) is 16.7 Å². The van der Waals surface area contributed by atoms with E-state index >= 15 is 0 Å². The summed E-state index contributed by atoms with van der Waals surface area (Å²) in [5.41, 5.74) is 3.41. The molecule has 0 spiro atoms. The van der Waals surface area contributed by atoms with Crippen molar-refractivity contribution < 1.29 is 9.53 Å². The van der Waals surface area contributed by atoms with Crippen molar-refractivity contribution in [2.45, 2.75) is 18.7 Å². The molecule has 0 radical (unpaired) electrons. The number of rotatable bonds is 3. The maximum Gasteiger partial charge on any atom is 0.309 e. The lowest BCUT2D eigenvalue weighted by molar-refractivity contribution is -0.139. The first-order chi connectivity index (χ1) is 6.69. The molecule has 0 saturated heterocycles. The number of alkyl halides is 1. The van der Waals surface area contributed by atoms with Crippen molar-refractivity contribution in [1.29, 1.82) is 0 Å². The smallest absolute Gasteiger partial charge is 0.309 e. The predicted octanol–water partition coefficient (Wildman–Crippen LogP) is 2.61. The molecule has 14 heavy (non-hydrogen) atoms. The number of carbonyl (C=O) groups is 1. The molecule has 0 amide bonds. The summed E-state index contributed by atoms with van der Waals surface area (Å²) in [6.07, 6.45) is 0.350. The van der Waals surface area contributed by atoms with Gasteiger partial charge < -0.3 is 4.74 Å². The van der Waals surface area contributed by atoms with Crippen molar-refractivity contribution in [2.24, 2.45) is 0 Å². The van der Waals surface area contributed by atoms with E-state index in [9.17, 15) is 4.79 Å². The average molecular weight is 257 g/mol. The van der Waals surface area contributed by atoms with E-state index in [0.717, 1.165) is 16.5 Å². The van der Waals surface area contributed by atoms with Gasteiger partial charge in [-0.15, -0.1) is 0 Å². The van der Waals surface area contributed by atoms with Crippen molar-refractivity contribution >= 4 is 21.9 Å². The quantitative estimate of drug-likeness (QED) is 0.614. The molecule has 0 unspecified atom stereocenters. The number of hydrogen-bond donors (Lipinski definition) is 0. The van der Waals surface area contributed by atoms with Crippen molar-refractivity contribution in [3.05, 3.63) is 34.9 Å². The Balaban J connectivity index is 2.92. The standard InChI is InChI=1S/C11H13BrO2/c1-8-9(6-11(13)14-2)4-3-5-10(8)7-12/h3-5H,6-7H2,1-2H3. The summed E-state index contributed by atoms with van der Waals surface area (Å²) >= 11 is 3.41. The molecule has 0 aliphatic rings. The number of ether oxygens (including phenoxy) is 1. The molecule has 0 saturated carbocycles. The van der Waals surface area contributed by atoms with Crippen LogP contribution in [-0.2, 0) is 21.3 Å².